The van der Waals surface area contributed by atoms with Crippen LogP contribution in [0, 0.1) is 0 Å². The fraction of sp³-hybridized carbons (Fsp3) is 0.333. The van der Waals surface area contributed by atoms with Crippen molar-refractivity contribution in [3.63, 3.8) is 0 Å². The number of carbonyl (C=O) groups excluding carboxylic acids is 2. The molecule has 1 aromatic heterocycles. The van der Waals surface area contributed by atoms with Crippen molar-refractivity contribution in [2.24, 2.45) is 0 Å². The van der Waals surface area contributed by atoms with Crippen LogP contribution in [-0.4, -0.2) is 35.3 Å². The zero-order valence-corrected chi connectivity index (χ0v) is 16.7. The van der Waals surface area contributed by atoms with E-state index >= 15 is 0 Å². The number of halogens is 3. The number of hydrogen-bond donors (Lipinski definition) is 0. The predicted molar refractivity (Wildman–Crippen MR) is 100 cm³/mol. The number of amides is 1. The zero-order chi connectivity index (χ0) is 18.5. The summed E-state index contributed by atoms with van der Waals surface area (Å²) in [6.45, 7) is 0.954. The highest BCUT2D eigenvalue weighted by Crippen LogP contribution is 2.44. The number of benzene rings is 1. The van der Waals surface area contributed by atoms with Crippen LogP contribution in [0.15, 0.2) is 33.4 Å². The molecule has 1 spiro atoms. The monoisotopic (exact) mass is 457 g/mol. The largest absolute Gasteiger partial charge is 0.484 e. The molecule has 1 fully saturated rings. The lowest BCUT2D eigenvalue weighted by molar-refractivity contribution is -0.00638. The molecule has 2 aliphatic heterocycles. The van der Waals surface area contributed by atoms with Crippen LogP contribution < -0.4 is 4.74 Å². The molecule has 5 nitrogen and oxygen atoms in total. The summed E-state index contributed by atoms with van der Waals surface area (Å²) < 4.78 is 12.0. The Hall–Kier alpha value is -1.50. The second kappa shape index (κ2) is 6.59. The molecule has 0 radical (unpaired) electrons. The van der Waals surface area contributed by atoms with E-state index in [-0.39, 0.29) is 23.9 Å². The SMILES string of the molecule is O=C1CC2(CCN(C(=O)c3ccc(Br)o3)CC2)Oc2c(Cl)cc(Cl)cc21. The van der Waals surface area contributed by atoms with Crippen molar-refractivity contribution in [3.05, 3.63) is 50.3 Å². The van der Waals surface area contributed by atoms with Gasteiger partial charge in [-0.15, -0.1) is 0 Å². The summed E-state index contributed by atoms with van der Waals surface area (Å²) >= 11 is 15.4. The van der Waals surface area contributed by atoms with Crippen molar-refractivity contribution in [2.45, 2.75) is 24.9 Å². The molecule has 2 aliphatic rings. The summed E-state index contributed by atoms with van der Waals surface area (Å²) in [7, 11) is 0. The Morgan fingerprint density at radius 3 is 2.58 bits per heavy atom. The number of fused-ring (bicyclic) bond motifs is 1. The molecule has 0 unspecified atom stereocenters. The third kappa shape index (κ3) is 3.15. The summed E-state index contributed by atoms with van der Waals surface area (Å²) in [5.41, 5.74) is -0.214. The number of furan rings is 1. The molecule has 0 N–H and O–H groups in total. The molecule has 2 aromatic rings. The van der Waals surface area contributed by atoms with E-state index in [0.29, 0.717) is 52.0 Å². The molecule has 1 aromatic carbocycles. The van der Waals surface area contributed by atoms with E-state index in [9.17, 15) is 9.59 Å². The van der Waals surface area contributed by atoms with Crippen LogP contribution in [0.25, 0.3) is 0 Å². The quantitative estimate of drug-likeness (QED) is 0.604. The second-order valence-electron chi connectivity index (χ2n) is 6.55. The predicted octanol–water partition coefficient (Wildman–Crippen LogP) is 4.99. The Morgan fingerprint density at radius 2 is 1.92 bits per heavy atom. The van der Waals surface area contributed by atoms with Crippen molar-refractivity contribution < 1.29 is 18.7 Å². The molecular weight excluding hydrogens is 445 g/mol. The van der Waals surface area contributed by atoms with Crippen LogP contribution in [0.3, 0.4) is 0 Å². The highest BCUT2D eigenvalue weighted by molar-refractivity contribution is 9.10. The molecule has 4 rings (SSSR count). The molecule has 1 amide bonds. The molecule has 0 saturated carbocycles. The van der Waals surface area contributed by atoms with Gasteiger partial charge in [0.15, 0.2) is 16.2 Å². The van der Waals surface area contributed by atoms with Gasteiger partial charge in [0.1, 0.15) is 11.4 Å². The third-order valence-corrected chi connectivity index (χ3v) is 5.78. The average Bonchev–Trinajstić information content (AvgIpc) is 3.03. The Labute approximate surface area is 168 Å². The highest BCUT2D eigenvalue weighted by atomic mass is 79.9. The number of likely N-dealkylation sites (tertiary alicyclic amines) is 1. The maximum Gasteiger partial charge on any atom is 0.289 e. The standard InChI is InChI=1S/C18H14BrCl2NO4/c19-15-2-1-14(25-15)17(24)22-5-3-18(4-6-22)9-13(23)11-7-10(20)8-12(21)16(11)26-18/h1-2,7-8H,3-6,9H2. The van der Waals surface area contributed by atoms with Gasteiger partial charge in [0.2, 0.25) is 0 Å². The number of ketones is 1. The molecule has 136 valence electrons. The number of carbonyl (C=O) groups is 2. The normalized spacial score (nSPS) is 18.6. The molecule has 0 atom stereocenters. The summed E-state index contributed by atoms with van der Waals surface area (Å²) in [6.07, 6.45) is 1.35. The first kappa shape index (κ1) is 17.9. The van der Waals surface area contributed by atoms with Gasteiger partial charge in [-0.3, -0.25) is 9.59 Å². The Morgan fingerprint density at radius 1 is 1.19 bits per heavy atom. The van der Waals surface area contributed by atoms with Gasteiger partial charge in [-0.1, -0.05) is 23.2 Å². The van der Waals surface area contributed by atoms with E-state index in [1.54, 1.807) is 29.2 Å². The lowest BCUT2D eigenvalue weighted by Gasteiger charge is -2.44. The van der Waals surface area contributed by atoms with E-state index in [4.69, 9.17) is 32.4 Å². The van der Waals surface area contributed by atoms with Gasteiger partial charge in [0, 0.05) is 31.0 Å². The van der Waals surface area contributed by atoms with Gasteiger partial charge in [0.25, 0.3) is 5.91 Å². The van der Waals surface area contributed by atoms with Crippen LogP contribution in [0.4, 0.5) is 0 Å². The fourth-order valence-electron chi connectivity index (χ4n) is 3.49. The van der Waals surface area contributed by atoms with Crippen molar-refractivity contribution in [2.75, 3.05) is 13.1 Å². The second-order valence-corrected chi connectivity index (χ2v) is 8.17. The summed E-state index contributed by atoms with van der Waals surface area (Å²) in [5, 5.41) is 0.741. The number of rotatable bonds is 1. The topological polar surface area (TPSA) is 59.8 Å². The minimum Gasteiger partial charge on any atom is -0.484 e. The van der Waals surface area contributed by atoms with Gasteiger partial charge in [0.05, 0.1) is 17.0 Å². The lowest BCUT2D eigenvalue weighted by Crippen LogP contribution is -2.52. The highest BCUT2D eigenvalue weighted by Gasteiger charge is 2.44. The van der Waals surface area contributed by atoms with Crippen LogP contribution in [0.5, 0.6) is 5.75 Å². The molecule has 1 saturated heterocycles. The van der Waals surface area contributed by atoms with E-state index in [2.05, 4.69) is 15.9 Å². The van der Waals surface area contributed by atoms with E-state index in [1.165, 1.54) is 0 Å². The van der Waals surface area contributed by atoms with Gasteiger partial charge in [-0.25, -0.2) is 0 Å². The average molecular weight is 459 g/mol. The Bertz CT molecular complexity index is 903. The molecule has 8 heteroatoms. The molecular formula is C18H14BrCl2NO4. The van der Waals surface area contributed by atoms with Crippen molar-refractivity contribution in [3.8, 4) is 5.75 Å². The number of hydrogen-bond acceptors (Lipinski definition) is 4. The molecule has 3 heterocycles. The van der Waals surface area contributed by atoms with E-state index < -0.39 is 5.60 Å². The van der Waals surface area contributed by atoms with Gasteiger partial charge >= 0.3 is 0 Å². The number of piperidine rings is 1. The molecule has 0 aliphatic carbocycles. The third-order valence-electron chi connectivity index (χ3n) is 4.86. The van der Waals surface area contributed by atoms with E-state index in [0.717, 1.165) is 0 Å². The first-order chi connectivity index (χ1) is 12.4. The van der Waals surface area contributed by atoms with Crippen molar-refractivity contribution in [1.29, 1.82) is 0 Å². The maximum absolute atomic E-state index is 12.6. The van der Waals surface area contributed by atoms with E-state index in [1.807, 2.05) is 0 Å². The minimum atomic E-state index is -0.637. The van der Waals surface area contributed by atoms with Gasteiger partial charge in [-0.2, -0.15) is 0 Å². The summed E-state index contributed by atoms with van der Waals surface area (Å²) in [5.74, 6) is 0.474. The van der Waals surface area contributed by atoms with Crippen molar-refractivity contribution >= 4 is 50.8 Å². The van der Waals surface area contributed by atoms with Crippen LogP contribution in [0.1, 0.15) is 40.2 Å². The minimum absolute atomic E-state index is 0.0367. The zero-order valence-electron chi connectivity index (χ0n) is 13.6. The van der Waals surface area contributed by atoms with Crippen LogP contribution >= 0.6 is 39.1 Å². The Kier molecular flexibility index (Phi) is 4.53. The smallest absolute Gasteiger partial charge is 0.289 e. The van der Waals surface area contributed by atoms with Crippen molar-refractivity contribution in [1.82, 2.24) is 4.90 Å². The Balaban J connectivity index is 1.52. The first-order valence-corrected chi connectivity index (χ1v) is 9.68. The molecule has 0 bridgehead atoms. The molecule has 26 heavy (non-hydrogen) atoms. The number of nitrogens with zero attached hydrogens (tertiary/aromatic N) is 1. The summed E-state index contributed by atoms with van der Waals surface area (Å²) in [6, 6.07) is 6.48. The van der Waals surface area contributed by atoms with Gasteiger partial charge in [-0.05, 0) is 40.2 Å². The number of ether oxygens (including phenoxy) is 1. The maximum atomic E-state index is 12.6. The van der Waals surface area contributed by atoms with Gasteiger partial charge < -0.3 is 14.1 Å². The van der Waals surface area contributed by atoms with Crippen LogP contribution in [-0.2, 0) is 0 Å². The fourth-order valence-corrected chi connectivity index (χ4v) is 4.33. The van der Waals surface area contributed by atoms with Crippen LogP contribution in [0.2, 0.25) is 10.0 Å². The lowest BCUT2D eigenvalue weighted by atomic mass is 9.82. The first-order valence-electron chi connectivity index (χ1n) is 8.13. The summed E-state index contributed by atoms with van der Waals surface area (Å²) in [4.78, 5) is 26.8. The number of Topliss-reactive ketones (excluding diaryl/α,β-unsaturated/α-hetero) is 1.